The van der Waals surface area contributed by atoms with Crippen LogP contribution in [0.4, 0.5) is 19.0 Å². The molecule has 1 aromatic carbocycles. The van der Waals surface area contributed by atoms with Gasteiger partial charge in [-0.15, -0.1) is 13.2 Å². The number of anilines is 1. The second kappa shape index (κ2) is 8.94. The summed E-state index contributed by atoms with van der Waals surface area (Å²) in [5, 5.41) is 0. The number of halogens is 3. The number of aromatic nitrogens is 2. The standard InChI is InChI=1S/C24H27F3N4O/c1-4-17-7-8-18(32-24(25,26)27)12-19(17)21-13-29-23(14-28-21)31-11-9-16(2)20(15-31)22-6-5-10-30(22)3/h7-9,11-14,22H,4-6,10,15H2,1-3H3/t22-/m0/s1. The number of rotatable bonds is 5. The lowest BCUT2D eigenvalue weighted by molar-refractivity contribution is -0.274. The summed E-state index contributed by atoms with van der Waals surface area (Å²) in [6.07, 6.45) is 5.67. The van der Waals surface area contributed by atoms with Crippen LogP contribution < -0.4 is 9.64 Å². The van der Waals surface area contributed by atoms with E-state index in [0.29, 0.717) is 29.5 Å². The Bertz CT molecular complexity index is 1030. The molecule has 1 atom stereocenters. The van der Waals surface area contributed by atoms with Crippen LogP contribution in [-0.4, -0.2) is 47.4 Å². The number of ether oxygens (including phenoxy) is 1. The topological polar surface area (TPSA) is 41.5 Å². The maximum atomic E-state index is 12.6. The molecule has 2 aromatic rings. The fourth-order valence-electron chi connectivity index (χ4n) is 4.45. The van der Waals surface area contributed by atoms with Crippen LogP contribution in [0.2, 0.25) is 0 Å². The first-order valence-electron chi connectivity index (χ1n) is 10.8. The predicted octanol–water partition coefficient (Wildman–Crippen LogP) is 5.35. The minimum atomic E-state index is -4.74. The molecule has 3 heterocycles. The van der Waals surface area contributed by atoms with E-state index in [1.54, 1.807) is 18.5 Å². The summed E-state index contributed by atoms with van der Waals surface area (Å²) in [4.78, 5) is 13.6. The van der Waals surface area contributed by atoms with Crippen molar-refractivity contribution in [3.63, 3.8) is 0 Å². The van der Waals surface area contributed by atoms with Gasteiger partial charge in [0.2, 0.25) is 0 Å². The number of hydrogen-bond donors (Lipinski definition) is 0. The third kappa shape index (κ3) is 4.80. The van der Waals surface area contributed by atoms with Crippen LogP contribution in [0.15, 0.2) is 54.0 Å². The van der Waals surface area contributed by atoms with Crippen molar-refractivity contribution < 1.29 is 17.9 Å². The minimum absolute atomic E-state index is 0.263. The number of likely N-dealkylation sites (N-methyl/N-ethyl adjacent to an activating group) is 1. The highest BCUT2D eigenvalue weighted by Gasteiger charge is 2.31. The molecule has 4 rings (SSSR count). The smallest absolute Gasteiger partial charge is 0.406 e. The molecule has 32 heavy (non-hydrogen) atoms. The first-order valence-corrected chi connectivity index (χ1v) is 10.8. The molecule has 8 heteroatoms. The number of hydrogen-bond acceptors (Lipinski definition) is 5. The molecule has 0 saturated carbocycles. The summed E-state index contributed by atoms with van der Waals surface area (Å²) < 4.78 is 42.0. The summed E-state index contributed by atoms with van der Waals surface area (Å²) >= 11 is 0. The maximum absolute atomic E-state index is 12.6. The minimum Gasteiger partial charge on any atom is -0.406 e. The van der Waals surface area contributed by atoms with Crippen molar-refractivity contribution in [3.05, 3.63) is 59.6 Å². The summed E-state index contributed by atoms with van der Waals surface area (Å²) in [6.45, 7) is 5.95. The van der Waals surface area contributed by atoms with Gasteiger partial charge in [-0.1, -0.05) is 13.0 Å². The van der Waals surface area contributed by atoms with Crippen LogP contribution >= 0.6 is 0 Å². The van der Waals surface area contributed by atoms with Gasteiger partial charge in [0.05, 0.1) is 18.1 Å². The zero-order chi connectivity index (χ0) is 22.9. The lowest BCUT2D eigenvalue weighted by Crippen LogP contribution is -2.35. The van der Waals surface area contributed by atoms with Crippen molar-refractivity contribution in [2.24, 2.45) is 0 Å². The van der Waals surface area contributed by atoms with Crippen molar-refractivity contribution in [1.82, 2.24) is 14.9 Å². The Morgan fingerprint density at radius 3 is 2.62 bits per heavy atom. The molecule has 0 unspecified atom stereocenters. The normalized spacial score (nSPS) is 19.7. The van der Waals surface area contributed by atoms with Gasteiger partial charge >= 0.3 is 6.36 Å². The van der Waals surface area contributed by atoms with E-state index in [4.69, 9.17) is 0 Å². The van der Waals surface area contributed by atoms with E-state index in [1.807, 2.05) is 13.1 Å². The molecular weight excluding hydrogens is 417 g/mol. The number of aryl methyl sites for hydroxylation is 1. The van der Waals surface area contributed by atoms with Gasteiger partial charge in [-0.2, -0.15) is 0 Å². The first-order chi connectivity index (χ1) is 15.2. The van der Waals surface area contributed by atoms with Gasteiger partial charge < -0.3 is 9.64 Å². The van der Waals surface area contributed by atoms with Crippen molar-refractivity contribution in [1.29, 1.82) is 0 Å². The second-order valence-corrected chi connectivity index (χ2v) is 8.27. The quantitative estimate of drug-likeness (QED) is 0.622. The van der Waals surface area contributed by atoms with E-state index in [1.165, 1.54) is 29.7 Å². The number of nitrogens with zero attached hydrogens (tertiary/aromatic N) is 4. The molecule has 2 aliphatic heterocycles. The van der Waals surface area contributed by atoms with Crippen LogP contribution in [0.5, 0.6) is 5.75 Å². The SMILES string of the molecule is CCc1ccc(OC(F)(F)F)cc1-c1cnc(N2C=CC(C)=C([C@@H]3CCCN3C)C2)cn1. The molecule has 1 aromatic heterocycles. The van der Waals surface area contributed by atoms with E-state index >= 15 is 0 Å². The first kappa shape index (κ1) is 22.3. The van der Waals surface area contributed by atoms with Gasteiger partial charge in [-0.25, -0.2) is 4.98 Å². The lowest BCUT2D eigenvalue weighted by Gasteiger charge is -2.31. The van der Waals surface area contributed by atoms with E-state index in [2.05, 4.69) is 44.6 Å². The Morgan fingerprint density at radius 1 is 1.19 bits per heavy atom. The number of benzene rings is 1. The zero-order valence-corrected chi connectivity index (χ0v) is 18.5. The van der Waals surface area contributed by atoms with Gasteiger partial charge in [-0.05, 0) is 74.7 Å². The fourth-order valence-corrected chi connectivity index (χ4v) is 4.45. The largest absolute Gasteiger partial charge is 0.573 e. The average molecular weight is 445 g/mol. The highest BCUT2D eigenvalue weighted by Crippen LogP contribution is 2.32. The molecule has 0 aliphatic carbocycles. The summed E-state index contributed by atoms with van der Waals surface area (Å²) in [7, 11) is 2.16. The predicted molar refractivity (Wildman–Crippen MR) is 118 cm³/mol. The van der Waals surface area contributed by atoms with Gasteiger partial charge in [0.15, 0.2) is 5.82 Å². The lowest BCUT2D eigenvalue weighted by atomic mass is 9.97. The summed E-state index contributed by atoms with van der Waals surface area (Å²) in [5.41, 5.74) is 4.67. The van der Waals surface area contributed by atoms with Gasteiger partial charge in [0, 0.05) is 24.4 Å². The summed E-state index contributed by atoms with van der Waals surface area (Å²) in [5.74, 6) is 0.442. The molecule has 0 bridgehead atoms. The summed E-state index contributed by atoms with van der Waals surface area (Å²) in [6, 6.07) is 4.78. The van der Waals surface area contributed by atoms with E-state index in [0.717, 1.165) is 25.1 Å². The van der Waals surface area contributed by atoms with Crippen LogP contribution in [0.25, 0.3) is 11.3 Å². The second-order valence-electron chi connectivity index (χ2n) is 8.27. The highest BCUT2D eigenvalue weighted by molar-refractivity contribution is 5.66. The Labute approximate surface area is 186 Å². The van der Waals surface area contributed by atoms with Crippen LogP contribution in [-0.2, 0) is 6.42 Å². The Morgan fingerprint density at radius 2 is 2.00 bits per heavy atom. The number of allylic oxidation sites excluding steroid dienone is 2. The van der Waals surface area contributed by atoms with E-state index in [9.17, 15) is 13.2 Å². The molecule has 2 aliphatic rings. The van der Waals surface area contributed by atoms with E-state index in [-0.39, 0.29) is 5.75 Å². The third-order valence-electron chi connectivity index (χ3n) is 6.18. The molecule has 5 nitrogen and oxygen atoms in total. The average Bonchev–Trinajstić information content (AvgIpc) is 3.19. The highest BCUT2D eigenvalue weighted by atomic mass is 19.4. The number of alkyl halides is 3. The van der Waals surface area contributed by atoms with Crippen molar-refractivity contribution in [3.8, 4) is 17.0 Å². The number of likely N-dealkylation sites (tertiary alicyclic amines) is 1. The van der Waals surface area contributed by atoms with Gasteiger partial charge in [0.1, 0.15) is 5.75 Å². The van der Waals surface area contributed by atoms with Gasteiger partial charge in [0.25, 0.3) is 0 Å². The van der Waals surface area contributed by atoms with E-state index < -0.39 is 6.36 Å². The molecule has 0 radical (unpaired) electrons. The van der Waals surface area contributed by atoms with Crippen LogP contribution in [0, 0.1) is 0 Å². The molecule has 1 fully saturated rings. The Balaban J connectivity index is 1.56. The zero-order valence-electron chi connectivity index (χ0n) is 18.5. The van der Waals surface area contributed by atoms with Crippen LogP contribution in [0.3, 0.4) is 0 Å². The molecular formula is C24H27F3N4O. The molecule has 0 spiro atoms. The van der Waals surface area contributed by atoms with Gasteiger partial charge in [-0.3, -0.25) is 9.88 Å². The fraction of sp³-hybridized carbons (Fsp3) is 0.417. The third-order valence-corrected chi connectivity index (χ3v) is 6.18. The maximum Gasteiger partial charge on any atom is 0.573 e. The van der Waals surface area contributed by atoms with Crippen molar-refractivity contribution >= 4 is 5.82 Å². The Kier molecular flexibility index (Phi) is 6.24. The molecule has 1 saturated heterocycles. The van der Waals surface area contributed by atoms with Crippen molar-refractivity contribution in [2.45, 2.75) is 45.5 Å². The monoisotopic (exact) mass is 444 g/mol. The molecule has 0 amide bonds. The molecule has 170 valence electrons. The molecule has 0 N–H and O–H groups in total. The Hall–Kier alpha value is -2.87. The van der Waals surface area contributed by atoms with Crippen molar-refractivity contribution in [2.75, 3.05) is 25.0 Å². The van der Waals surface area contributed by atoms with Crippen LogP contribution in [0.1, 0.15) is 32.3 Å².